The van der Waals surface area contributed by atoms with Gasteiger partial charge in [0.2, 0.25) is 0 Å². The minimum Gasteiger partial charge on any atom is -0.322 e. The SMILES string of the molecule is Cl.O=C(Nc1ccc2c(c1)CCC2)c1cccnc1. The molecule has 1 aromatic heterocycles. The van der Waals surface area contributed by atoms with Crippen molar-refractivity contribution in [2.45, 2.75) is 19.3 Å². The van der Waals surface area contributed by atoms with Gasteiger partial charge in [0.1, 0.15) is 0 Å². The summed E-state index contributed by atoms with van der Waals surface area (Å²) in [7, 11) is 0. The summed E-state index contributed by atoms with van der Waals surface area (Å²) in [5, 5.41) is 2.91. The van der Waals surface area contributed by atoms with Crippen molar-refractivity contribution in [3.8, 4) is 0 Å². The lowest BCUT2D eigenvalue weighted by Gasteiger charge is -2.07. The molecule has 0 atom stereocenters. The van der Waals surface area contributed by atoms with Crippen LogP contribution >= 0.6 is 12.4 Å². The number of benzene rings is 1. The summed E-state index contributed by atoms with van der Waals surface area (Å²) in [6, 6.07) is 9.68. The van der Waals surface area contributed by atoms with Crippen LogP contribution in [0.5, 0.6) is 0 Å². The number of halogens is 1. The van der Waals surface area contributed by atoms with Crippen LogP contribution < -0.4 is 5.32 Å². The number of pyridine rings is 1. The van der Waals surface area contributed by atoms with Crippen LogP contribution in [0.3, 0.4) is 0 Å². The van der Waals surface area contributed by atoms with E-state index < -0.39 is 0 Å². The van der Waals surface area contributed by atoms with Gasteiger partial charge < -0.3 is 5.32 Å². The molecule has 1 aliphatic carbocycles. The van der Waals surface area contributed by atoms with Crippen LogP contribution in [0.2, 0.25) is 0 Å². The number of fused-ring (bicyclic) bond motifs is 1. The average molecular weight is 275 g/mol. The van der Waals surface area contributed by atoms with E-state index in [9.17, 15) is 4.79 Å². The van der Waals surface area contributed by atoms with Crippen molar-refractivity contribution in [1.29, 1.82) is 0 Å². The zero-order valence-corrected chi connectivity index (χ0v) is 11.2. The number of rotatable bonds is 2. The lowest BCUT2D eigenvalue weighted by atomic mass is 10.1. The van der Waals surface area contributed by atoms with E-state index in [0.29, 0.717) is 5.56 Å². The molecule has 0 radical (unpaired) electrons. The van der Waals surface area contributed by atoms with Crippen LogP contribution in [0.15, 0.2) is 42.7 Å². The van der Waals surface area contributed by atoms with Gasteiger partial charge in [0.05, 0.1) is 5.56 Å². The molecule has 1 heterocycles. The van der Waals surface area contributed by atoms with E-state index in [1.165, 1.54) is 17.5 Å². The smallest absolute Gasteiger partial charge is 0.257 e. The van der Waals surface area contributed by atoms with Crippen LogP contribution in [0.4, 0.5) is 5.69 Å². The fraction of sp³-hybridized carbons (Fsp3) is 0.200. The van der Waals surface area contributed by atoms with Crippen molar-refractivity contribution in [2.75, 3.05) is 5.32 Å². The molecule has 2 aromatic rings. The van der Waals surface area contributed by atoms with E-state index in [-0.39, 0.29) is 18.3 Å². The molecule has 0 saturated heterocycles. The predicted molar refractivity (Wildman–Crippen MR) is 77.9 cm³/mol. The van der Waals surface area contributed by atoms with Crippen LogP contribution in [0, 0.1) is 0 Å². The largest absolute Gasteiger partial charge is 0.322 e. The number of nitrogens with one attached hydrogen (secondary N) is 1. The molecule has 1 N–H and O–H groups in total. The Labute approximate surface area is 118 Å². The number of hydrogen-bond acceptors (Lipinski definition) is 2. The van der Waals surface area contributed by atoms with Crippen LogP contribution in [0.25, 0.3) is 0 Å². The Bertz CT molecular complexity index is 584. The van der Waals surface area contributed by atoms with Gasteiger partial charge in [-0.2, -0.15) is 0 Å². The molecule has 0 saturated carbocycles. The number of aromatic nitrogens is 1. The Hall–Kier alpha value is -1.87. The summed E-state index contributed by atoms with van der Waals surface area (Å²) in [6.45, 7) is 0. The van der Waals surface area contributed by atoms with E-state index in [1.54, 1.807) is 24.5 Å². The van der Waals surface area contributed by atoms with Gasteiger partial charge in [0.25, 0.3) is 5.91 Å². The number of anilines is 1. The first-order valence-corrected chi connectivity index (χ1v) is 6.16. The van der Waals surface area contributed by atoms with Crippen molar-refractivity contribution in [3.05, 3.63) is 59.4 Å². The Balaban J connectivity index is 0.00000133. The van der Waals surface area contributed by atoms with Gasteiger partial charge in [0, 0.05) is 18.1 Å². The first-order chi connectivity index (χ1) is 8.83. The fourth-order valence-electron chi connectivity index (χ4n) is 2.35. The zero-order valence-electron chi connectivity index (χ0n) is 10.4. The monoisotopic (exact) mass is 274 g/mol. The maximum Gasteiger partial charge on any atom is 0.257 e. The quantitative estimate of drug-likeness (QED) is 0.913. The second kappa shape index (κ2) is 5.85. The van der Waals surface area contributed by atoms with Crippen molar-refractivity contribution in [2.24, 2.45) is 0 Å². The highest BCUT2D eigenvalue weighted by atomic mass is 35.5. The maximum atomic E-state index is 12.0. The standard InChI is InChI=1S/C15H14N2O.ClH/c18-15(13-5-2-8-16-10-13)17-14-7-6-11-3-1-4-12(11)9-14;/h2,5-10H,1,3-4H2,(H,17,18);1H. The molecule has 3 rings (SSSR count). The second-order valence-corrected chi connectivity index (χ2v) is 4.53. The van der Waals surface area contributed by atoms with Crippen molar-refractivity contribution in [3.63, 3.8) is 0 Å². The summed E-state index contributed by atoms with van der Waals surface area (Å²) in [6.07, 6.45) is 6.72. The molecule has 1 aromatic carbocycles. The molecule has 0 fully saturated rings. The van der Waals surface area contributed by atoms with Crippen molar-refractivity contribution in [1.82, 2.24) is 4.98 Å². The molecule has 0 bridgehead atoms. The highest BCUT2D eigenvalue weighted by molar-refractivity contribution is 6.04. The molecular weight excluding hydrogens is 260 g/mol. The summed E-state index contributed by atoms with van der Waals surface area (Å²) in [4.78, 5) is 15.9. The van der Waals surface area contributed by atoms with Gasteiger partial charge >= 0.3 is 0 Å². The lowest BCUT2D eigenvalue weighted by molar-refractivity contribution is 0.102. The highest BCUT2D eigenvalue weighted by Gasteiger charge is 2.12. The van der Waals surface area contributed by atoms with Crippen LogP contribution in [-0.4, -0.2) is 10.9 Å². The topological polar surface area (TPSA) is 42.0 Å². The third-order valence-corrected chi connectivity index (χ3v) is 3.28. The number of carbonyl (C=O) groups is 1. The third-order valence-electron chi connectivity index (χ3n) is 3.28. The Morgan fingerprint density at radius 1 is 1.16 bits per heavy atom. The van der Waals surface area contributed by atoms with E-state index in [0.717, 1.165) is 18.5 Å². The molecule has 0 unspecified atom stereocenters. The second-order valence-electron chi connectivity index (χ2n) is 4.53. The summed E-state index contributed by atoms with van der Waals surface area (Å²) < 4.78 is 0. The molecule has 0 aliphatic heterocycles. The molecule has 1 amide bonds. The molecule has 0 spiro atoms. The van der Waals surface area contributed by atoms with E-state index in [1.807, 2.05) is 6.07 Å². The first-order valence-electron chi connectivity index (χ1n) is 6.16. The highest BCUT2D eigenvalue weighted by Crippen LogP contribution is 2.25. The first kappa shape index (κ1) is 13.6. The Morgan fingerprint density at radius 3 is 2.79 bits per heavy atom. The van der Waals surface area contributed by atoms with E-state index in [4.69, 9.17) is 0 Å². The fourth-order valence-corrected chi connectivity index (χ4v) is 2.35. The molecule has 98 valence electrons. The minimum absolute atomic E-state index is 0. The van der Waals surface area contributed by atoms with Crippen molar-refractivity contribution < 1.29 is 4.79 Å². The number of hydrogen-bond donors (Lipinski definition) is 1. The van der Waals surface area contributed by atoms with Gasteiger partial charge in [-0.25, -0.2) is 0 Å². The van der Waals surface area contributed by atoms with Gasteiger partial charge in [-0.3, -0.25) is 9.78 Å². The van der Waals surface area contributed by atoms with Gasteiger partial charge in [-0.1, -0.05) is 6.07 Å². The molecule has 4 heteroatoms. The minimum atomic E-state index is -0.110. The number of aryl methyl sites for hydroxylation is 2. The summed E-state index contributed by atoms with van der Waals surface area (Å²) in [5.74, 6) is -0.110. The van der Waals surface area contributed by atoms with Gasteiger partial charge in [-0.05, 0) is 54.7 Å². The Morgan fingerprint density at radius 2 is 2.00 bits per heavy atom. The molecule has 3 nitrogen and oxygen atoms in total. The predicted octanol–water partition coefficient (Wildman–Crippen LogP) is 3.24. The van der Waals surface area contributed by atoms with Crippen molar-refractivity contribution >= 4 is 24.0 Å². The maximum absolute atomic E-state index is 12.0. The van der Waals surface area contributed by atoms with Gasteiger partial charge in [-0.15, -0.1) is 12.4 Å². The van der Waals surface area contributed by atoms with Crippen LogP contribution in [-0.2, 0) is 12.8 Å². The molecule has 1 aliphatic rings. The molecule has 19 heavy (non-hydrogen) atoms. The van der Waals surface area contributed by atoms with Gasteiger partial charge in [0.15, 0.2) is 0 Å². The molecular formula is C15H15ClN2O. The van der Waals surface area contributed by atoms with E-state index in [2.05, 4.69) is 22.4 Å². The van der Waals surface area contributed by atoms with E-state index >= 15 is 0 Å². The number of amides is 1. The summed E-state index contributed by atoms with van der Waals surface area (Å²) >= 11 is 0. The average Bonchev–Trinajstić information content (AvgIpc) is 2.87. The summed E-state index contributed by atoms with van der Waals surface area (Å²) in [5.41, 5.74) is 4.22. The third kappa shape index (κ3) is 2.93. The number of carbonyl (C=O) groups excluding carboxylic acids is 1. The Kier molecular flexibility index (Phi) is 4.17. The number of nitrogens with zero attached hydrogens (tertiary/aromatic N) is 1. The zero-order chi connectivity index (χ0) is 12.4. The lowest BCUT2D eigenvalue weighted by Crippen LogP contribution is -2.12. The van der Waals surface area contributed by atoms with Crippen LogP contribution in [0.1, 0.15) is 27.9 Å². The normalized spacial score (nSPS) is 12.4.